The van der Waals surface area contributed by atoms with Gasteiger partial charge in [0.25, 0.3) is 0 Å². The molecule has 2 aromatic heterocycles. The van der Waals surface area contributed by atoms with E-state index < -0.39 is 0 Å². The Morgan fingerprint density at radius 2 is 2.20 bits per heavy atom. The Kier molecular flexibility index (Phi) is 2.60. The fourth-order valence-electron chi connectivity index (χ4n) is 1.73. The molecule has 2 aromatic rings. The minimum atomic E-state index is 0.777. The fraction of sp³-hybridized carbons (Fsp3) is 0.364. The summed E-state index contributed by atoms with van der Waals surface area (Å²) in [6.45, 7) is 0.777. The Labute approximate surface area is 89.5 Å². The zero-order chi connectivity index (χ0) is 10.8. The van der Waals surface area contributed by atoms with Crippen molar-refractivity contribution in [3.63, 3.8) is 0 Å². The maximum atomic E-state index is 4.40. The summed E-state index contributed by atoms with van der Waals surface area (Å²) >= 11 is 0. The first kappa shape index (κ1) is 9.98. The molecule has 0 aliphatic carbocycles. The lowest BCUT2D eigenvalue weighted by molar-refractivity contribution is 0.753. The summed E-state index contributed by atoms with van der Waals surface area (Å²) in [7, 11) is 6.01. The van der Waals surface area contributed by atoms with Crippen LogP contribution in [-0.2, 0) is 6.54 Å². The number of hydrogen-bond acceptors (Lipinski definition) is 3. The second kappa shape index (κ2) is 3.90. The monoisotopic (exact) mass is 204 g/mol. The largest absolute Gasteiger partial charge is 0.364 e. The van der Waals surface area contributed by atoms with Crippen molar-refractivity contribution in [3.8, 4) is 0 Å². The van der Waals surface area contributed by atoms with Gasteiger partial charge in [-0.2, -0.15) is 0 Å². The predicted molar refractivity (Wildman–Crippen MR) is 62.3 cm³/mol. The predicted octanol–water partition coefficient (Wildman–Crippen LogP) is 1.12. The molecule has 0 amide bonds. The maximum absolute atomic E-state index is 4.40. The van der Waals surface area contributed by atoms with Crippen LogP contribution in [0.15, 0.2) is 24.4 Å². The number of imidazole rings is 1. The van der Waals surface area contributed by atoms with Crippen molar-refractivity contribution in [2.24, 2.45) is 0 Å². The third kappa shape index (κ3) is 1.68. The van der Waals surface area contributed by atoms with Crippen molar-refractivity contribution in [3.05, 3.63) is 30.2 Å². The maximum Gasteiger partial charge on any atom is 0.128 e. The summed E-state index contributed by atoms with van der Waals surface area (Å²) in [6.07, 6.45) is 1.90. The lowest BCUT2D eigenvalue weighted by Gasteiger charge is -2.16. The number of fused-ring (bicyclic) bond motifs is 1. The van der Waals surface area contributed by atoms with Gasteiger partial charge in [-0.1, -0.05) is 6.07 Å². The first-order valence-electron chi connectivity index (χ1n) is 5.01. The van der Waals surface area contributed by atoms with E-state index in [0.717, 1.165) is 23.7 Å². The van der Waals surface area contributed by atoms with Crippen LogP contribution < -0.4 is 10.2 Å². The number of pyridine rings is 1. The van der Waals surface area contributed by atoms with Gasteiger partial charge in [0.15, 0.2) is 0 Å². The molecule has 0 bridgehead atoms. The first-order chi connectivity index (χ1) is 7.24. The van der Waals surface area contributed by atoms with Crippen LogP contribution in [0, 0.1) is 0 Å². The Morgan fingerprint density at radius 3 is 2.87 bits per heavy atom. The van der Waals surface area contributed by atoms with E-state index in [0.29, 0.717) is 0 Å². The average molecular weight is 204 g/mol. The third-order valence-electron chi connectivity index (χ3n) is 2.40. The van der Waals surface area contributed by atoms with E-state index in [1.807, 2.05) is 27.3 Å². The highest BCUT2D eigenvalue weighted by atomic mass is 15.2. The minimum absolute atomic E-state index is 0.777. The molecule has 4 nitrogen and oxygen atoms in total. The number of hydrogen-bond donors (Lipinski definition) is 1. The molecule has 1 N–H and O–H groups in total. The molecule has 0 spiro atoms. The summed E-state index contributed by atoms with van der Waals surface area (Å²) in [5, 5.41) is 3.13. The van der Waals surface area contributed by atoms with E-state index in [2.05, 4.69) is 37.8 Å². The molecule has 2 heterocycles. The van der Waals surface area contributed by atoms with Gasteiger partial charge in [-0.25, -0.2) is 4.98 Å². The molecular weight excluding hydrogens is 188 g/mol. The van der Waals surface area contributed by atoms with Crippen molar-refractivity contribution < 1.29 is 0 Å². The molecule has 0 saturated carbocycles. The Morgan fingerprint density at radius 1 is 1.40 bits per heavy atom. The molecule has 0 radical (unpaired) electrons. The number of nitrogens with zero attached hydrogens (tertiary/aromatic N) is 3. The molecule has 2 rings (SSSR count). The second-order valence-corrected chi connectivity index (χ2v) is 3.74. The molecule has 0 aromatic carbocycles. The van der Waals surface area contributed by atoms with E-state index in [-0.39, 0.29) is 0 Å². The van der Waals surface area contributed by atoms with Crippen LogP contribution >= 0.6 is 0 Å². The number of rotatable bonds is 3. The molecule has 80 valence electrons. The van der Waals surface area contributed by atoms with Crippen molar-refractivity contribution in [1.29, 1.82) is 0 Å². The van der Waals surface area contributed by atoms with Gasteiger partial charge in [-0.3, -0.25) is 4.40 Å². The molecule has 0 saturated heterocycles. The van der Waals surface area contributed by atoms with E-state index in [1.54, 1.807) is 0 Å². The topological polar surface area (TPSA) is 32.6 Å². The lowest BCUT2D eigenvalue weighted by Crippen LogP contribution is -2.16. The Balaban J connectivity index is 2.63. The summed E-state index contributed by atoms with van der Waals surface area (Å²) in [4.78, 5) is 6.49. The standard InChI is InChI=1S/C11H16N4/c1-12-8-10-13-7-9-5-4-6-11(14(2)3)15(9)10/h4-7,12H,8H2,1-3H3. The summed E-state index contributed by atoms with van der Waals surface area (Å²) < 4.78 is 2.16. The quantitative estimate of drug-likeness (QED) is 0.813. The van der Waals surface area contributed by atoms with Crippen molar-refractivity contribution >= 4 is 11.3 Å². The van der Waals surface area contributed by atoms with Gasteiger partial charge in [-0.15, -0.1) is 0 Å². The Hall–Kier alpha value is -1.55. The average Bonchev–Trinajstić information content (AvgIpc) is 2.62. The molecule has 0 aliphatic heterocycles. The van der Waals surface area contributed by atoms with Gasteiger partial charge >= 0.3 is 0 Å². The zero-order valence-corrected chi connectivity index (χ0v) is 9.36. The molecule has 4 heteroatoms. The van der Waals surface area contributed by atoms with Crippen LogP contribution in [0.1, 0.15) is 5.82 Å². The van der Waals surface area contributed by atoms with Gasteiger partial charge in [0, 0.05) is 14.1 Å². The van der Waals surface area contributed by atoms with Gasteiger partial charge in [0.1, 0.15) is 11.6 Å². The number of anilines is 1. The first-order valence-corrected chi connectivity index (χ1v) is 5.01. The summed E-state index contributed by atoms with van der Waals surface area (Å²) in [5.74, 6) is 2.19. The van der Waals surface area contributed by atoms with Gasteiger partial charge in [0.05, 0.1) is 18.3 Å². The van der Waals surface area contributed by atoms with Crippen molar-refractivity contribution in [1.82, 2.24) is 14.7 Å². The van der Waals surface area contributed by atoms with Crippen LogP contribution in [0.25, 0.3) is 5.52 Å². The molecule has 0 fully saturated rings. The van der Waals surface area contributed by atoms with E-state index >= 15 is 0 Å². The Bertz CT molecular complexity index is 459. The smallest absolute Gasteiger partial charge is 0.128 e. The zero-order valence-electron chi connectivity index (χ0n) is 9.36. The number of aromatic nitrogens is 2. The highest BCUT2D eigenvalue weighted by molar-refractivity contribution is 5.55. The second-order valence-electron chi connectivity index (χ2n) is 3.74. The van der Waals surface area contributed by atoms with E-state index in [1.165, 1.54) is 0 Å². The van der Waals surface area contributed by atoms with Gasteiger partial charge in [-0.05, 0) is 19.2 Å². The molecular formula is C11H16N4. The minimum Gasteiger partial charge on any atom is -0.364 e. The van der Waals surface area contributed by atoms with Crippen molar-refractivity contribution in [2.45, 2.75) is 6.54 Å². The van der Waals surface area contributed by atoms with E-state index in [4.69, 9.17) is 0 Å². The molecule has 0 aliphatic rings. The SMILES string of the molecule is CNCc1ncc2cccc(N(C)C)n12. The molecule has 0 unspecified atom stereocenters. The lowest BCUT2D eigenvalue weighted by atomic mass is 10.4. The van der Waals surface area contributed by atoms with Crippen LogP contribution in [0.3, 0.4) is 0 Å². The van der Waals surface area contributed by atoms with Gasteiger partial charge < -0.3 is 10.2 Å². The number of nitrogens with one attached hydrogen (secondary N) is 1. The van der Waals surface area contributed by atoms with Crippen molar-refractivity contribution in [2.75, 3.05) is 26.0 Å². The third-order valence-corrected chi connectivity index (χ3v) is 2.40. The van der Waals surface area contributed by atoms with Crippen LogP contribution in [0.4, 0.5) is 5.82 Å². The molecule has 0 atom stereocenters. The molecule has 15 heavy (non-hydrogen) atoms. The summed E-state index contributed by atoms with van der Waals surface area (Å²) in [6, 6.07) is 6.21. The fourth-order valence-corrected chi connectivity index (χ4v) is 1.73. The van der Waals surface area contributed by atoms with E-state index in [9.17, 15) is 0 Å². The highest BCUT2D eigenvalue weighted by Gasteiger charge is 2.07. The summed E-state index contributed by atoms with van der Waals surface area (Å²) in [5.41, 5.74) is 1.13. The van der Waals surface area contributed by atoms with Crippen LogP contribution in [-0.4, -0.2) is 30.5 Å². The normalized spacial score (nSPS) is 10.9. The highest BCUT2D eigenvalue weighted by Crippen LogP contribution is 2.17. The van der Waals surface area contributed by atoms with Crippen LogP contribution in [0.2, 0.25) is 0 Å². The van der Waals surface area contributed by atoms with Crippen LogP contribution in [0.5, 0.6) is 0 Å². The van der Waals surface area contributed by atoms with Gasteiger partial charge in [0.2, 0.25) is 0 Å².